The smallest absolute Gasteiger partial charge is 0.265 e. The van der Waals surface area contributed by atoms with Gasteiger partial charge in [-0.2, -0.15) is 0 Å². The van der Waals surface area contributed by atoms with Gasteiger partial charge in [0.1, 0.15) is 9.88 Å². The summed E-state index contributed by atoms with van der Waals surface area (Å²) >= 11 is 3.14. The molecule has 0 unspecified atom stereocenters. The Morgan fingerprint density at radius 1 is 1.30 bits per heavy atom. The van der Waals surface area contributed by atoms with Crippen LogP contribution in [0.4, 0.5) is 0 Å². The minimum Gasteiger partial charge on any atom is -0.347 e. The predicted octanol–water partition coefficient (Wildman–Crippen LogP) is 3.16. The Labute approximate surface area is 142 Å². The van der Waals surface area contributed by atoms with Gasteiger partial charge >= 0.3 is 0 Å². The zero-order valence-corrected chi connectivity index (χ0v) is 14.5. The van der Waals surface area contributed by atoms with Crippen molar-refractivity contribution in [2.24, 2.45) is 0 Å². The highest BCUT2D eigenvalue weighted by Crippen LogP contribution is 2.34. The normalized spacial score (nSPS) is 20.3. The fourth-order valence-corrected chi connectivity index (χ4v) is 4.91. The molecule has 2 aliphatic rings. The van der Waals surface area contributed by atoms with Crippen LogP contribution < -0.4 is 0 Å². The van der Waals surface area contributed by atoms with Crippen LogP contribution in [0.3, 0.4) is 0 Å². The summed E-state index contributed by atoms with van der Waals surface area (Å²) in [6.45, 7) is 4.57. The van der Waals surface area contributed by atoms with Gasteiger partial charge in [0.25, 0.3) is 5.91 Å². The molecule has 4 heterocycles. The molecule has 1 spiro atoms. The summed E-state index contributed by atoms with van der Waals surface area (Å²) < 4.78 is 11.4. The molecule has 0 radical (unpaired) electrons. The van der Waals surface area contributed by atoms with Crippen molar-refractivity contribution in [2.75, 3.05) is 26.3 Å². The van der Waals surface area contributed by atoms with E-state index in [9.17, 15) is 4.79 Å². The van der Waals surface area contributed by atoms with E-state index in [0.717, 1.165) is 33.3 Å². The second-order valence-electron chi connectivity index (χ2n) is 5.81. The third-order valence-corrected chi connectivity index (χ3v) is 6.53. The zero-order valence-electron chi connectivity index (χ0n) is 12.9. The molecule has 7 heteroatoms. The van der Waals surface area contributed by atoms with Gasteiger partial charge in [0, 0.05) is 25.9 Å². The van der Waals surface area contributed by atoms with Crippen molar-refractivity contribution < 1.29 is 14.3 Å². The van der Waals surface area contributed by atoms with Gasteiger partial charge in [-0.05, 0) is 18.4 Å². The molecule has 2 fully saturated rings. The molecule has 2 aliphatic heterocycles. The zero-order chi connectivity index (χ0) is 15.9. The van der Waals surface area contributed by atoms with Crippen LogP contribution >= 0.6 is 22.7 Å². The van der Waals surface area contributed by atoms with Crippen LogP contribution in [0.25, 0.3) is 9.88 Å². The summed E-state index contributed by atoms with van der Waals surface area (Å²) in [6.07, 6.45) is 1.49. The number of likely N-dealkylation sites (tertiary alicyclic amines) is 1. The Morgan fingerprint density at radius 3 is 2.70 bits per heavy atom. The van der Waals surface area contributed by atoms with Crippen molar-refractivity contribution in [1.82, 2.24) is 9.88 Å². The number of carbonyl (C=O) groups is 1. The van der Waals surface area contributed by atoms with E-state index in [1.165, 1.54) is 11.3 Å². The fourth-order valence-electron chi connectivity index (χ4n) is 3.08. The molecule has 2 saturated heterocycles. The number of aromatic nitrogens is 1. The number of hydrogen-bond donors (Lipinski definition) is 0. The number of carbonyl (C=O) groups excluding carboxylic acids is 1. The van der Waals surface area contributed by atoms with Crippen molar-refractivity contribution in [3.8, 4) is 9.88 Å². The third kappa shape index (κ3) is 2.82. The first kappa shape index (κ1) is 15.3. The Balaban J connectivity index is 1.49. The maximum Gasteiger partial charge on any atom is 0.265 e. The molecule has 0 aromatic carbocycles. The van der Waals surface area contributed by atoms with Crippen LogP contribution in [0.5, 0.6) is 0 Å². The highest BCUT2D eigenvalue weighted by atomic mass is 32.1. The minimum absolute atomic E-state index is 0.0793. The van der Waals surface area contributed by atoms with Gasteiger partial charge in [0.15, 0.2) is 5.79 Å². The highest BCUT2D eigenvalue weighted by molar-refractivity contribution is 7.22. The lowest BCUT2D eigenvalue weighted by Gasteiger charge is -2.37. The van der Waals surface area contributed by atoms with E-state index >= 15 is 0 Å². The molecule has 23 heavy (non-hydrogen) atoms. The molecule has 2 aromatic rings. The Bertz CT molecular complexity index is 695. The molecule has 0 saturated carbocycles. The van der Waals surface area contributed by atoms with Crippen LogP contribution in [0.1, 0.15) is 28.2 Å². The first-order chi connectivity index (χ1) is 11.2. The van der Waals surface area contributed by atoms with Crippen LogP contribution in [0.15, 0.2) is 17.5 Å². The second kappa shape index (κ2) is 5.98. The van der Waals surface area contributed by atoms with Crippen LogP contribution in [-0.4, -0.2) is 47.9 Å². The van der Waals surface area contributed by atoms with Crippen LogP contribution in [0, 0.1) is 6.92 Å². The minimum atomic E-state index is -0.443. The summed E-state index contributed by atoms with van der Waals surface area (Å²) in [4.78, 5) is 21.2. The summed E-state index contributed by atoms with van der Waals surface area (Å²) in [6, 6.07) is 4.04. The molecule has 0 bridgehead atoms. The van der Waals surface area contributed by atoms with Gasteiger partial charge in [-0.3, -0.25) is 4.79 Å². The van der Waals surface area contributed by atoms with Gasteiger partial charge in [-0.15, -0.1) is 22.7 Å². The van der Waals surface area contributed by atoms with Crippen molar-refractivity contribution in [3.05, 3.63) is 28.1 Å². The quantitative estimate of drug-likeness (QED) is 0.835. The average molecular weight is 350 g/mol. The van der Waals surface area contributed by atoms with Crippen molar-refractivity contribution in [2.45, 2.75) is 25.6 Å². The number of aryl methyl sites for hydroxylation is 1. The molecule has 5 nitrogen and oxygen atoms in total. The molecular weight excluding hydrogens is 332 g/mol. The van der Waals surface area contributed by atoms with E-state index in [-0.39, 0.29) is 5.91 Å². The predicted molar refractivity (Wildman–Crippen MR) is 89.9 cm³/mol. The van der Waals surface area contributed by atoms with Gasteiger partial charge < -0.3 is 14.4 Å². The lowest BCUT2D eigenvalue weighted by atomic mass is 10.0. The van der Waals surface area contributed by atoms with E-state index in [0.29, 0.717) is 26.3 Å². The van der Waals surface area contributed by atoms with Crippen molar-refractivity contribution in [1.29, 1.82) is 0 Å². The maximum absolute atomic E-state index is 12.8. The van der Waals surface area contributed by atoms with E-state index in [4.69, 9.17) is 9.47 Å². The monoisotopic (exact) mass is 350 g/mol. The summed E-state index contributed by atoms with van der Waals surface area (Å²) in [5.74, 6) is -0.363. The van der Waals surface area contributed by atoms with Gasteiger partial charge in [0.2, 0.25) is 0 Å². The lowest BCUT2D eigenvalue weighted by molar-refractivity contribution is -0.181. The average Bonchev–Trinajstić information content (AvgIpc) is 3.28. The van der Waals surface area contributed by atoms with Gasteiger partial charge in [-0.1, -0.05) is 6.07 Å². The van der Waals surface area contributed by atoms with Crippen LogP contribution in [0.2, 0.25) is 0 Å². The molecule has 0 aliphatic carbocycles. The second-order valence-corrected chi connectivity index (χ2v) is 7.76. The standard InChI is InChI=1S/C16H18N2O3S2/c1-11-13(23-14(17-11)12-3-2-10-22-12)15(19)18-6-4-16(5-7-18)20-8-9-21-16/h2-3,10H,4-9H2,1H3. The molecule has 2 aromatic heterocycles. The Hall–Kier alpha value is -1.28. The number of ether oxygens (including phenoxy) is 2. The molecule has 122 valence electrons. The van der Waals surface area contributed by atoms with Crippen molar-refractivity contribution >= 4 is 28.6 Å². The number of piperidine rings is 1. The molecular formula is C16H18N2O3S2. The summed E-state index contributed by atoms with van der Waals surface area (Å²) in [7, 11) is 0. The van der Waals surface area contributed by atoms with E-state index in [1.54, 1.807) is 11.3 Å². The number of amides is 1. The Morgan fingerprint density at radius 2 is 2.04 bits per heavy atom. The first-order valence-electron chi connectivity index (χ1n) is 7.75. The highest BCUT2D eigenvalue weighted by Gasteiger charge is 2.41. The third-order valence-electron chi connectivity index (χ3n) is 4.35. The van der Waals surface area contributed by atoms with Gasteiger partial charge in [-0.25, -0.2) is 4.98 Å². The lowest BCUT2D eigenvalue weighted by Crippen LogP contribution is -2.47. The first-order valence-corrected chi connectivity index (χ1v) is 9.45. The topological polar surface area (TPSA) is 51.7 Å². The molecule has 0 N–H and O–H groups in total. The maximum atomic E-state index is 12.8. The summed E-state index contributed by atoms with van der Waals surface area (Å²) in [5, 5.41) is 2.95. The van der Waals surface area contributed by atoms with E-state index < -0.39 is 5.79 Å². The number of rotatable bonds is 2. The number of hydrogen-bond acceptors (Lipinski definition) is 6. The summed E-state index contributed by atoms with van der Waals surface area (Å²) in [5.41, 5.74) is 0.817. The largest absolute Gasteiger partial charge is 0.347 e. The molecule has 4 rings (SSSR count). The van der Waals surface area contributed by atoms with E-state index in [2.05, 4.69) is 4.98 Å². The molecule has 1 amide bonds. The SMILES string of the molecule is Cc1nc(-c2cccs2)sc1C(=O)N1CCC2(CC1)OCCO2. The Kier molecular flexibility index (Phi) is 3.96. The van der Waals surface area contributed by atoms with E-state index in [1.807, 2.05) is 29.3 Å². The number of thiazole rings is 1. The fraction of sp³-hybridized carbons (Fsp3) is 0.500. The number of thiophene rings is 1. The number of nitrogens with zero attached hydrogens (tertiary/aromatic N) is 2. The van der Waals surface area contributed by atoms with Crippen molar-refractivity contribution in [3.63, 3.8) is 0 Å². The van der Waals surface area contributed by atoms with Gasteiger partial charge in [0.05, 0.1) is 23.8 Å². The van der Waals surface area contributed by atoms with Crippen LogP contribution in [-0.2, 0) is 9.47 Å². The molecule has 0 atom stereocenters.